The summed E-state index contributed by atoms with van der Waals surface area (Å²) >= 11 is 0. The van der Waals surface area contributed by atoms with Gasteiger partial charge in [-0.3, -0.25) is 9.59 Å². The number of nitrogens with one attached hydrogen (secondary N) is 1. The zero-order chi connectivity index (χ0) is 14.5. The highest BCUT2D eigenvalue weighted by molar-refractivity contribution is 6.00. The van der Waals surface area contributed by atoms with Gasteiger partial charge in [0, 0.05) is 18.8 Å². The molecule has 1 aromatic rings. The van der Waals surface area contributed by atoms with Gasteiger partial charge in [0.05, 0.1) is 12.1 Å². The van der Waals surface area contributed by atoms with Crippen LogP contribution in [0.2, 0.25) is 0 Å². The van der Waals surface area contributed by atoms with E-state index in [1.165, 1.54) is 6.42 Å². The smallest absolute Gasteiger partial charge is 0.253 e. The van der Waals surface area contributed by atoms with E-state index in [0.717, 1.165) is 31.5 Å². The Hall–Kier alpha value is -2.04. The van der Waals surface area contributed by atoms with Crippen molar-refractivity contribution in [3.8, 4) is 0 Å². The van der Waals surface area contributed by atoms with Gasteiger partial charge in [-0.1, -0.05) is 11.6 Å². The molecule has 1 aliphatic heterocycles. The van der Waals surface area contributed by atoms with E-state index < -0.39 is 0 Å². The van der Waals surface area contributed by atoms with Crippen molar-refractivity contribution in [3.05, 3.63) is 29.3 Å². The fourth-order valence-corrected chi connectivity index (χ4v) is 2.37. The molecule has 0 unspecified atom stereocenters. The first-order valence-electron chi connectivity index (χ1n) is 7.00. The molecule has 0 aliphatic carbocycles. The average molecular weight is 275 g/mol. The van der Waals surface area contributed by atoms with Gasteiger partial charge in [-0.2, -0.15) is 0 Å². The minimum absolute atomic E-state index is 0.0238. The molecule has 108 valence electrons. The summed E-state index contributed by atoms with van der Waals surface area (Å²) in [5.74, 6) is -0.319. The van der Waals surface area contributed by atoms with Crippen molar-refractivity contribution in [3.63, 3.8) is 0 Å². The quantitative estimate of drug-likeness (QED) is 0.817. The Morgan fingerprint density at radius 3 is 2.65 bits per heavy atom. The molecule has 5 nitrogen and oxygen atoms in total. The predicted octanol–water partition coefficient (Wildman–Crippen LogP) is 1.32. The first-order valence-corrected chi connectivity index (χ1v) is 7.00. The summed E-state index contributed by atoms with van der Waals surface area (Å²) < 4.78 is 0. The first kappa shape index (κ1) is 14.4. The second kappa shape index (κ2) is 6.41. The number of likely N-dealkylation sites (tertiary alicyclic amines) is 1. The molecular formula is C15H21N3O2. The number of nitrogens with two attached hydrogens (primary N) is 1. The Morgan fingerprint density at radius 1 is 1.25 bits per heavy atom. The summed E-state index contributed by atoms with van der Waals surface area (Å²) in [4.78, 5) is 25.8. The number of hydrogen-bond acceptors (Lipinski definition) is 3. The van der Waals surface area contributed by atoms with Gasteiger partial charge < -0.3 is 16.0 Å². The molecule has 1 aromatic carbocycles. The summed E-state index contributed by atoms with van der Waals surface area (Å²) in [5.41, 5.74) is 7.60. The van der Waals surface area contributed by atoms with E-state index in [-0.39, 0.29) is 18.4 Å². The Labute approximate surface area is 119 Å². The number of aryl methyl sites for hydroxylation is 1. The molecule has 0 saturated carbocycles. The molecule has 1 heterocycles. The number of rotatable bonds is 3. The van der Waals surface area contributed by atoms with Crippen LogP contribution in [-0.4, -0.2) is 36.3 Å². The van der Waals surface area contributed by atoms with Gasteiger partial charge in [-0.15, -0.1) is 0 Å². The van der Waals surface area contributed by atoms with Gasteiger partial charge in [0.2, 0.25) is 5.91 Å². The maximum absolute atomic E-state index is 12.0. The maximum Gasteiger partial charge on any atom is 0.253 e. The minimum atomic E-state index is -0.295. The standard InChI is InChI=1S/C15H21N3O2/c1-11-5-6-13(16)12(9-11)15(20)17-10-14(19)18-7-3-2-4-8-18/h5-6,9H,2-4,7-8,10,16H2,1H3,(H,17,20). The lowest BCUT2D eigenvalue weighted by Gasteiger charge is -2.26. The topological polar surface area (TPSA) is 75.4 Å². The molecule has 5 heteroatoms. The number of anilines is 1. The summed E-state index contributed by atoms with van der Waals surface area (Å²) in [5, 5.41) is 2.65. The van der Waals surface area contributed by atoms with Gasteiger partial charge in [0.15, 0.2) is 0 Å². The van der Waals surface area contributed by atoms with Crippen molar-refractivity contribution < 1.29 is 9.59 Å². The summed E-state index contributed by atoms with van der Waals surface area (Å²) in [7, 11) is 0. The number of carbonyl (C=O) groups is 2. The molecule has 0 bridgehead atoms. The monoisotopic (exact) mass is 275 g/mol. The Morgan fingerprint density at radius 2 is 1.95 bits per heavy atom. The fourth-order valence-electron chi connectivity index (χ4n) is 2.37. The highest BCUT2D eigenvalue weighted by atomic mass is 16.2. The summed E-state index contributed by atoms with van der Waals surface area (Å²) in [6, 6.07) is 5.29. The van der Waals surface area contributed by atoms with Crippen LogP contribution in [0.15, 0.2) is 18.2 Å². The predicted molar refractivity (Wildman–Crippen MR) is 78.4 cm³/mol. The fraction of sp³-hybridized carbons (Fsp3) is 0.467. The Balaban J connectivity index is 1.91. The van der Waals surface area contributed by atoms with Crippen LogP contribution < -0.4 is 11.1 Å². The van der Waals surface area contributed by atoms with E-state index >= 15 is 0 Å². The number of piperidine rings is 1. The number of hydrogen-bond donors (Lipinski definition) is 2. The lowest BCUT2D eigenvalue weighted by atomic mass is 10.1. The molecular weight excluding hydrogens is 254 g/mol. The highest BCUT2D eigenvalue weighted by Crippen LogP contribution is 2.13. The number of nitrogen functional groups attached to an aromatic ring is 1. The molecule has 0 spiro atoms. The van der Waals surface area contributed by atoms with E-state index in [4.69, 9.17) is 5.73 Å². The Kier molecular flexibility index (Phi) is 4.61. The maximum atomic E-state index is 12.0. The van der Waals surface area contributed by atoms with Gasteiger partial charge in [-0.25, -0.2) is 0 Å². The van der Waals surface area contributed by atoms with Crippen LogP contribution in [0.3, 0.4) is 0 Å². The second-order valence-electron chi connectivity index (χ2n) is 5.21. The van der Waals surface area contributed by atoms with Gasteiger partial charge in [-0.05, 0) is 38.3 Å². The summed E-state index contributed by atoms with van der Waals surface area (Å²) in [6.07, 6.45) is 3.27. The molecule has 3 N–H and O–H groups in total. The molecule has 0 radical (unpaired) electrons. The number of benzene rings is 1. The molecule has 0 aromatic heterocycles. The van der Waals surface area contributed by atoms with Crippen molar-refractivity contribution in [2.75, 3.05) is 25.4 Å². The lowest BCUT2D eigenvalue weighted by Crippen LogP contribution is -2.42. The normalized spacial score (nSPS) is 14.9. The second-order valence-corrected chi connectivity index (χ2v) is 5.21. The third kappa shape index (κ3) is 3.50. The number of carbonyl (C=O) groups excluding carboxylic acids is 2. The van der Waals surface area contributed by atoms with E-state index in [2.05, 4.69) is 5.32 Å². The van der Waals surface area contributed by atoms with Crippen molar-refractivity contribution in [2.24, 2.45) is 0 Å². The van der Waals surface area contributed by atoms with Crippen LogP contribution in [0.25, 0.3) is 0 Å². The van der Waals surface area contributed by atoms with Crippen LogP contribution in [0.4, 0.5) is 5.69 Å². The van der Waals surface area contributed by atoms with Crippen LogP contribution in [0, 0.1) is 6.92 Å². The zero-order valence-corrected chi connectivity index (χ0v) is 11.8. The number of amides is 2. The number of nitrogens with zero attached hydrogens (tertiary/aromatic N) is 1. The minimum Gasteiger partial charge on any atom is -0.398 e. The van der Waals surface area contributed by atoms with Crippen LogP contribution in [-0.2, 0) is 4.79 Å². The lowest BCUT2D eigenvalue weighted by molar-refractivity contribution is -0.130. The molecule has 1 saturated heterocycles. The molecule has 2 amide bonds. The molecule has 2 rings (SSSR count). The van der Waals surface area contributed by atoms with E-state index in [9.17, 15) is 9.59 Å². The van der Waals surface area contributed by atoms with Crippen molar-refractivity contribution in [1.82, 2.24) is 10.2 Å². The van der Waals surface area contributed by atoms with Gasteiger partial charge >= 0.3 is 0 Å². The van der Waals surface area contributed by atoms with Crippen molar-refractivity contribution >= 4 is 17.5 Å². The largest absolute Gasteiger partial charge is 0.398 e. The first-order chi connectivity index (χ1) is 9.58. The molecule has 1 fully saturated rings. The molecule has 0 atom stereocenters. The molecule has 20 heavy (non-hydrogen) atoms. The highest BCUT2D eigenvalue weighted by Gasteiger charge is 2.17. The zero-order valence-electron chi connectivity index (χ0n) is 11.8. The van der Waals surface area contributed by atoms with Gasteiger partial charge in [0.25, 0.3) is 5.91 Å². The third-order valence-corrected chi connectivity index (χ3v) is 3.56. The van der Waals surface area contributed by atoms with Crippen LogP contribution in [0.5, 0.6) is 0 Å². The van der Waals surface area contributed by atoms with Crippen LogP contribution >= 0.6 is 0 Å². The Bertz CT molecular complexity index is 508. The van der Waals surface area contributed by atoms with Crippen LogP contribution in [0.1, 0.15) is 35.2 Å². The third-order valence-electron chi connectivity index (χ3n) is 3.56. The van der Waals surface area contributed by atoms with E-state index in [1.54, 1.807) is 12.1 Å². The van der Waals surface area contributed by atoms with E-state index in [1.807, 2.05) is 17.9 Å². The van der Waals surface area contributed by atoms with E-state index in [0.29, 0.717) is 11.3 Å². The van der Waals surface area contributed by atoms with Gasteiger partial charge in [0.1, 0.15) is 0 Å². The summed E-state index contributed by atoms with van der Waals surface area (Å²) in [6.45, 7) is 3.52. The van der Waals surface area contributed by atoms with Crippen molar-refractivity contribution in [1.29, 1.82) is 0 Å². The average Bonchev–Trinajstić information content (AvgIpc) is 2.47. The van der Waals surface area contributed by atoms with Crippen molar-refractivity contribution in [2.45, 2.75) is 26.2 Å². The molecule has 1 aliphatic rings. The SMILES string of the molecule is Cc1ccc(N)c(C(=O)NCC(=O)N2CCCCC2)c1.